The number of aromatic nitrogens is 1. The molecule has 0 spiro atoms. The number of sulfone groups is 1. The van der Waals surface area contributed by atoms with Crippen molar-refractivity contribution in [2.24, 2.45) is 5.92 Å². The fourth-order valence-electron chi connectivity index (χ4n) is 5.17. The van der Waals surface area contributed by atoms with Crippen molar-refractivity contribution >= 4 is 31.5 Å². The molecule has 0 amide bonds. The van der Waals surface area contributed by atoms with Gasteiger partial charge in [0, 0.05) is 32.4 Å². The Kier molecular flexibility index (Phi) is 8.29. The third-order valence-corrected chi connectivity index (χ3v) is 11.0. The Balaban J connectivity index is 1.39. The van der Waals surface area contributed by atoms with Gasteiger partial charge < -0.3 is 9.80 Å². The number of benzene rings is 1. The number of nitrogens with zero attached hydrogens (tertiary/aromatic N) is 3. The number of piperidine rings is 1. The van der Waals surface area contributed by atoms with Crippen molar-refractivity contribution in [2.75, 3.05) is 48.3 Å². The summed E-state index contributed by atoms with van der Waals surface area (Å²) in [5.74, 6) is 0.0133. The molecule has 2 aliphatic rings. The van der Waals surface area contributed by atoms with E-state index in [1.807, 2.05) is 11.8 Å². The maximum absolute atomic E-state index is 13.3. The maximum Gasteiger partial charge on any atom is 0.416 e. The number of pyridine rings is 1. The molecule has 1 aromatic heterocycles. The standard InChI is InChI=1S/C25H32F3N3O5S2/c1-3-36-38(34,35)23-5-4-18(2)14-22(23)31-11-7-19(16-31)17-37(32,33)21-8-12-30(13-9-21)24-15-20(6-10-29-24)25(26,27)28/h4-6,10,14-15,19,21H,3,7-9,11-13,16-17H2,1-2H3. The van der Waals surface area contributed by atoms with Gasteiger partial charge in [-0.15, -0.1) is 0 Å². The van der Waals surface area contributed by atoms with Crippen LogP contribution in [-0.2, 0) is 30.3 Å². The number of alkyl halides is 3. The number of rotatable bonds is 8. The van der Waals surface area contributed by atoms with E-state index in [9.17, 15) is 30.0 Å². The van der Waals surface area contributed by atoms with Gasteiger partial charge in [-0.25, -0.2) is 13.4 Å². The average molecular weight is 576 g/mol. The zero-order valence-corrected chi connectivity index (χ0v) is 22.9. The minimum atomic E-state index is -4.47. The van der Waals surface area contributed by atoms with Crippen LogP contribution in [0.1, 0.15) is 37.3 Å². The Labute approximate surface area is 221 Å². The molecule has 0 N–H and O–H groups in total. The molecule has 1 atom stereocenters. The highest BCUT2D eigenvalue weighted by atomic mass is 32.2. The summed E-state index contributed by atoms with van der Waals surface area (Å²) in [5.41, 5.74) is 0.614. The van der Waals surface area contributed by atoms with Gasteiger partial charge in [-0.3, -0.25) is 4.18 Å². The first-order valence-electron chi connectivity index (χ1n) is 12.5. The monoisotopic (exact) mass is 575 g/mol. The Morgan fingerprint density at radius 2 is 1.68 bits per heavy atom. The average Bonchev–Trinajstić information content (AvgIpc) is 3.31. The number of hydrogen-bond acceptors (Lipinski definition) is 8. The van der Waals surface area contributed by atoms with Crippen molar-refractivity contribution in [3.05, 3.63) is 47.7 Å². The summed E-state index contributed by atoms with van der Waals surface area (Å²) in [4.78, 5) is 7.71. The van der Waals surface area contributed by atoms with E-state index >= 15 is 0 Å². The molecule has 1 unspecified atom stereocenters. The van der Waals surface area contributed by atoms with Gasteiger partial charge in [-0.05, 0) is 68.9 Å². The van der Waals surface area contributed by atoms with Crippen molar-refractivity contribution in [3.8, 4) is 0 Å². The van der Waals surface area contributed by atoms with Crippen LogP contribution in [-0.4, -0.2) is 65.6 Å². The molecule has 3 heterocycles. The van der Waals surface area contributed by atoms with E-state index in [2.05, 4.69) is 4.98 Å². The van der Waals surface area contributed by atoms with Crippen molar-refractivity contribution in [3.63, 3.8) is 0 Å². The van der Waals surface area contributed by atoms with E-state index in [1.165, 1.54) is 6.07 Å². The summed E-state index contributed by atoms with van der Waals surface area (Å²) >= 11 is 0. The third kappa shape index (κ3) is 6.42. The van der Waals surface area contributed by atoms with Crippen LogP contribution < -0.4 is 9.80 Å². The van der Waals surface area contributed by atoms with E-state index in [0.29, 0.717) is 51.1 Å². The van der Waals surface area contributed by atoms with Gasteiger partial charge in [0.2, 0.25) is 0 Å². The first kappa shape index (κ1) is 28.6. The third-order valence-electron chi connectivity index (χ3n) is 7.10. The lowest BCUT2D eigenvalue weighted by Crippen LogP contribution is -2.41. The highest BCUT2D eigenvalue weighted by molar-refractivity contribution is 7.92. The lowest BCUT2D eigenvalue weighted by Gasteiger charge is -2.33. The summed E-state index contributed by atoms with van der Waals surface area (Å²) in [7, 11) is -7.40. The topological polar surface area (TPSA) is 96.9 Å². The van der Waals surface area contributed by atoms with E-state index in [0.717, 1.165) is 23.9 Å². The Morgan fingerprint density at radius 3 is 2.34 bits per heavy atom. The Hall–Kier alpha value is -2.38. The second-order valence-electron chi connectivity index (χ2n) is 9.85. The molecular weight excluding hydrogens is 543 g/mol. The van der Waals surface area contributed by atoms with Crippen LogP contribution in [0, 0.1) is 12.8 Å². The highest BCUT2D eigenvalue weighted by Gasteiger charge is 2.36. The van der Waals surface area contributed by atoms with Gasteiger partial charge in [0.25, 0.3) is 10.1 Å². The maximum atomic E-state index is 13.3. The van der Waals surface area contributed by atoms with Gasteiger partial charge in [-0.2, -0.15) is 21.6 Å². The van der Waals surface area contributed by atoms with Crippen molar-refractivity contribution in [1.82, 2.24) is 4.98 Å². The quantitative estimate of drug-likeness (QED) is 0.435. The zero-order valence-electron chi connectivity index (χ0n) is 21.3. The second-order valence-corrected chi connectivity index (χ2v) is 13.8. The van der Waals surface area contributed by atoms with Crippen molar-refractivity contribution < 1.29 is 34.2 Å². The lowest BCUT2D eigenvalue weighted by molar-refractivity contribution is -0.137. The predicted molar refractivity (Wildman–Crippen MR) is 139 cm³/mol. The molecule has 4 rings (SSSR count). The van der Waals surface area contributed by atoms with E-state index in [-0.39, 0.29) is 29.0 Å². The molecule has 0 aliphatic carbocycles. The first-order chi connectivity index (χ1) is 17.8. The molecule has 2 saturated heterocycles. The van der Waals surface area contributed by atoms with Gasteiger partial charge in [-0.1, -0.05) is 6.07 Å². The molecule has 13 heteroatoms. The van der Waals surface area contributed by atoms with Crippen LogP contribution in [0.15, 0.2) is 41.4 Å². The number of aryl methyl sites for hydroxylation is 1. The fraction of sp³-hybridized carbons (Fsp3) is 0.560. The molecule has 0 radical (unpaired) electrons. The molecular formula is C25H32F3N3O5S2. The number of anilines is 2. The highest BCUT2D eigenvalue weighted by Crippen LogP contribution is 2.34. The SMILES string of the molecule is CCOS(=O)(=O)c1ccc(C)cc1N1CCC(CS(=O)(=O)C2CCN(c3cc(C(F)(F)F)ccn3)CC2)C1. The molecule has 1 aromatic carbocycles. The van der Waals surface area contributed by atoms with Gasteiger partial charge in [0.05, 0.1) is 28.9 Å². The summed E-state index contributed by atoms with van der Waals surface area (Å²) in [6.45, 7) is 5.01. The molecule has 2 aliphatic heterocycles. The van der Waals surface area contributed by atoms with Gasteiger partial charge in [0.15, 0.2) is 9.84 Å². The first-order valence-corrected chi connectivity index (χ1v) is 15.7. The molecule has 8 nitrogen and oxygen atoms in total. The Bertz CT molecular complexity index is 1360. The normalized spacial score (nSPS) is 19.8. The van der Waals surface area contributed by atoms with Crippen LogP contribution in [0.3, 0.4) is 0 Å². The molecule has 0 saturated carbocycles. The minimum absolute atomic E-state index is 0.0131. The largest absolute Gasteiger partial charge is 0.416 e. The van der Waals surface area contributed by atoms with E-state index < -0.39 is 36.9 Å². The van der Waals surface area contributed by atoms with Gasteiger partial charge in [0.1, 0.15) is 10.7 Å². The lowest BCUT2D eigenvalue weighted by atomic mass is 10.1. The summed E-state index contributed by atoms with van der Waals surface area (Å²) in [5, 5.41) is -0.577. The van der Waals surface area contributed by atoms with Crippen LogP contribution in [0.5, 0.6) is 0 Å². The smallest absolute Gasteiger partial charge is 0.370 e. The minimum Gasteiger partial charge on any atom is -0.370 e. The van der Waals surface area contributed by atoms with Crippen LogP contribution in [0.2, 0.25) is 0 Å². The molecule has 0 bridgehead atoms. The number of hydrogen-bond donors (Lipinski definition) is 0. The molecule has 2 aromatic rings. The van der Waals surface area contributed by atoms with Gasteiger partial charge >= 0.3 is 6.18 Å². The number of halogens is 3. The summed E-state index contributed by atoms with van der Waals surface area (Å²) < 4.78 is 95.9. The Morgan fingerprint density at radius 1 is 1.00 bits per heavy atom. The zero-order chi connectivity index (χ0) is 27.7. The van der Waals surface area contributed by atoms with E-state index in [4.69, 9.17) is 4.18 Å². The summed E-state index contributed by atoms with van der Waals surface area (Å²) in [6.07, 6.45) is -2.13. The van der Waals surface area contributed by atoms with Crippen molar-refractivity contribution in [2.45, 2.75) is 49.4 Å². The van der Waals surface area contributed by atoms with Crippen LogP contribution in [0.25, 0.3) is 0 Å². The second kappa shape index (κ2) is 11.0. The van der Waals surface area contributed by atoms with E-state index in [1.54, 1.807) is 24.0 Å². The van der Waals surface area contributed by atoms with Crippen LogP contribution in [0.4, 0.5) is 24.7 Å². The molecule has 38 heavy (non-hydrogen) atoms. The van der Waals surface area contributed by atoms with Crippen LogP contribution >= 0.6 is 0 Å². The predicted octanol–water partition coefficient (Wildman–Crippen LogP) is 4.04. The molecule has 210 valence electrons. The van der Waals surface area contributed by atoms with Crippen molar-refractivity contribution in [1.29, 1.82) is 0 Å². The summed E-state index contributed by atoms with van der Waals surface area (Å²) in [6, 6.07) is 6.91. The fourth-order valence-corrected chi connectivity index (χ4v) is 8.41. The molecule has 2 fully saturated rings.